The van der Waals surface area contributed by atoms with Crippen LogP contribution >= 0.6 is 0 Å². The van der Waals surface area contributed by atoms with Crippen molar-refractivity contribution in [2.24, 2.45) is 5.73 Å². The Morgan fingerprint density at radius 1 is 1.22 bits per heavy atom. The van der Waals surface area contributed by atoms with E-state index in [1.165, 1.54) is 11.1 Å². The highest BCUT2D eigenvalue weighted by Crippen LogP contribution is 2.33. The number of hydrogen-bond donors (Lipinski definition) is 1. The summed E-state index contributed by atoms with van der Waals surface area (Å²) >= 11 is 0. The maximum absolute atomic E-state index is 6.20. The minimum Gasteiger partial charge on any atom is -0.494 e. The molecule has 0 aliphatic heterocycles. The molecule has 2 heteroatoms. The molecule has 0 heterocycles. The fraction of sp³-hybridized carbons (Fsp3) is 0.625. The minimum absolute atomic E-state index is 0.0758. The third-order valence-corrected chi connectivity index (χ3v) is 3.14. The summed E-state index contributed by atoms with van der Waals surface area (Å²) < 4.78 is 5.72. The van der Waals surface area contributed by atoms with E-state index in [9.17, 15) is 0 Å². The molecule has 2 N–H and O–H groups in total. The van der Waals surface area contributed by atoms with E-state index in [-0.39, 0.29) is 11.5 Å². The molecule has 1 atom stereocenters. The number of benzene rings is 1. The lowest BCUT2D eigenvalue weighted by atomic mass is 9.84. The molecule has 1 aromatic rings. The monoisotopic (exact) mass is 249 g/mol. The average molecular weight is 249 g/mol. The molecule has 1 unspecified atom stereocenters. The summed E-state index contributed by atoms with van der Waals surface area (Å²) in [6.45, 7) is 11.5. The van der Waals surface area contributed by atoms with Gasteiger partial charge in [-0.1, -0.05) is 46.2 Å². The zero-order chi connectivity index (χ0) is 13.8. The molecule has 0 fully saturated rings. The Balaban J connectivity index is 3.13. The zero-order valence-electron chi connectivity index (χ0n) is 12.4. The molecule has 0 aliphatic rings. The van der Waals surface area contributed by atoms with Gasteiger partial charge in [0.2, 0.25) is 0 Å². The van der Waals surface area contributed by atoms with Crippen LogP contribution < -0.4 is 10.5 Å². The second-order valence-corrected chi connectivity index (χ2v) is 5.83. The SMILES string of the molecule is CCCC(N)c1ccc(OCC)c(C(C)(C)C)c1. The Bertz CT molecular complexity index is 379. The number of hydrogen-bond acceptors (Lipinski definition) is 2. The van der Waals surface area contributed by atoms with Gasteiger partial charge in [0.25, 0.3) is 0 Å². The van der Waals surface area contributed by atoms with E-state index >= 15 is 0 Å². The highest BCUT2D eigenvalue weighted by Gasteiger charge is 2.20. The largest absolute Gasteiger partial charge is 0.494 e. The molecule has 0 radical (unpaired) electrons. The van der Waals surface area contributed by atoms with Crippen LogP contribution in [0.5, 0.6) is 5.75 Å². The summed E-state index contributed by atoms with van der Waals surface area (Å²) in [4.78, 5) is 0. The van der Waals surface area contributed by atoms with Crippen molar-refractivity contribution in [2.75, 3.05) is 6.61 Å². The van der Waals surface area contributed by atoms with Crippen LogP contribution in [0.3, 0.4) is 0 Å². The van der Waals surface area contributed by atoms with Crippen LogP contribution in [0, 0.1) is 0 Å². The highest BCUT2D eigenvalue weighted by atomic mass is 16.5. The molecule has 0 saturated heterocycles. The first kappa shape index (κ1) is 15.0. The molecule has 0 saturated carbocycles. The summed E-state index contributed by atoms with van der Waals surface area (Å²) in [6.07, 6.45) is 2.14. The smallest absolute Gasteiger partial charge is 0.123 e. The van der Waals surface area contributed by atoms with Crippen LogP contribution in [-0.4, -0.2) is 6.61 Å². The van der Waals surface area contributed by atoms with E-state index in [1.54, 1.807) is 0 Å². The Morgan fingerprint density at radius 3 is 2.39 bits per heavy atom. The van der Waals surface area contributed by atoms with Crippen molar-refractivity contribution in [3.63, 3.8) is 0 Å². The number of ether oxygens (including phenoxy) is 1. The van der Waals surface area contributed by atoms with Gasteiger partial charge in [-0.25, -0.2) is 0 Å². The summed E-state index contributed by atoms with van der Waals surface area (Å²) in [5.41, 5.74) is 8.73. The van der Waals surface area contributed by atoms with E-state index in [0.717, 1.165) is 18.6 Å². The second-order valence-electron chi connectivity index (χ2n) is 5.83. The highest BCUT2D eigenvalue weighted by molar-refractivity contribution is 5.42. The first-order valence-corrected chi connectivity index (χ1v) is 6.93. The summed E-state index contributed by atoms with van der Waals surface area (Å²) in [6, 6.07) is 6.51. The lowest BCUT2D eigenvalue weighted by Gasteiger charge is -2.24. The third-order valence-electron chi connectivity index (χ3n) is 3.14. The quantitative estimate of drug-likeness (QED) is 0.849. The third kappa shape index (κ3) is 3.74. The molecule has 0 aliphatic carbocycles. The van der Waals surface area contributed by atoms with E-state index in [4.69, 9.17) is 10.5 Å². The van der Waals surface area contributed by atoms with E-state index in [0.29, 0.717) is 6.61 Å². The van der Waals surface area contributed by atoms with E-state index < -0.39 is 0 Å². The van der Waals surface area contributed by atoms with Crippen molar-refractivity contribution >= 4 is 0 Å². The van der Waals surface area contributed by atoms with Crippen molar-refractivity contribution in [1.29, 1.82) is 0 Å². The topological polar surface area (TPSA) is 35.2 Å². The lowest BCUT2D eigenvalue weighted by molar-refractivity contribution is 0.329. The van der Waals surface area contributed by atoms with Gasteiger partial charge in [-0.15, -0.1) is 0 Å². The van der Waals surface area contributed by atoms with E-state index in [2.05, 4.69) is 45.9 Å². The molecule has 0 spiro atoms. The summed E-state index contributed by atoms with van der Waals surface area (Å²) in [5.74, 6) is 0.984. The maximum atomic E-state index is 6.20. The number of rotatable bonds is 5. The van der Waals surface area contributed by atoms with Gasteiger partial charge < -0.3 is 10.5 Å². The Morgan fingerprint density at radius 2 is 1.89 bits per heavy atom. The van der Waals surface area contributed by atoms with Crippen LogP contribution in [0.4, 0.5) is 0 Å². The predicted molar refractivity (Wildman–Crippen MR) is 78.1 cm³/mol. The molecule has 18 heavy (non-hydrogen) atoms. The van der Waals surface area contributed by atoms with Crippen LogP contribution in [0.1, 0.15) is 64.6 Å². The average Bonchev–Trinajstić information content (AvgIpc) is 2.28. The van der Waals surface area contributed by atoms with E-state index in [1.807, 2.05) is 6.92 Å². The van der Waals surface area contributed by atoms with Crippen molar-refractivity contribution in [3.8, 4) is 5.75 Å². The fourth-order valence-corrected chi connectivity index (χ4v) is 2.12. The van der Waals surface area contributed by atoms with Gasteiger partial charge in [-0.05, 0) is 36.0 Å². The van der Waals surface area contributed by atoms with Gasteiger partial charge in [0.15, 0.2) is 0 Å². The fourth-order valence-electron chi connectivity index (χ4n) is 2.12. The van der Waals surface area contributed by atoms with Crippen molar-refractivity contribution < 1.29 is 4.74 Å². The van der Waals surface area contributed by atoms with Crippen LogP contribution in [0.25, 0.3) is 0 Å². The Hall–Kier alpha value is -1.02. The van der Waals surface area contributed by atoms with Gasteiger partial charge in [-0.3, -0.25) is 0 Å². The first-order valence-electron chi connectivity index (χ1n) is 6.93. The Kier molecular flexibility index (Phi) is 5.21. The summed E-state index contributed by atoms with van der Waals surface area (Å²) in [7, 11) is 0. The second kappa shape index (κ2) is 6.24. The Labute approximate surface area is 112 Å². The van der Waals surface area contributed by atoms with Crippen LogP contribution in [0.2, 0.25) is 0 Å². The zero-order valence-corrected chi connectivity index (χ0v) is 12.4. The molecule has 1 aromatic carbocycles. The normalized spacial score (nSPS) is 13.4. The van der Waals surface area contributed by atoms with Gasteiger partial charge >= 0.3 is 0 Å². The minimum atomic E-state index is 0.0758. The van der Waals surface area contributed by atoms with Gasteiger partial charge in [0.05, 0.1) is 6.61 Å². The first-order chi connectivity index (χ1) is 8.40. The molecule has 0 aromatic heterocycles. The molecule has 2 nitrogen and oxygen atoms in total. The summed E-state index contributed by atoms with van der Waals surface area (Å²) in [5, 5.41) is 0. The van der Waals surface area contributed by atoms with Gasteiger partial charge in [0.1, 0.15) is 5.75 Å². The molecular formula is C16H27NO. The van der Waals surface area contributed by atoms with Crippen LogP contribution in [0.15, 0.2) is 18.2 Å². The molecule has 0 amide bonds. The molecule has 102 valence electrons. The molecule has 0 bridgehead atoms. The van der Waals surface area contributed by atoms with Gasteiger partial charge in [0, 0.05) is 6.04 Å². The van der Waals surface area contributed by atoms with Gasteiger partial charge in [-0.2, -0.15) is 0 Å². The maximum Gasteiger partial charge on any atom is 0.123 e. The van der Waals surface area contributed by atoms with Crippen molar-refractivity contribution in [1.82, 2.24) is 0 Å². The van der Waals surface area contributed by atoms with Crippen molar-refractivity contribution in [3.05, 3.63) is 29.3 Å². The predicted octanol–water partition coefficient (Wildman–Crippen LogP) is 4.18. The molecule has 1 rings (SSSR count). The molecular weight excluding hydrogens is 222 g/mol. The lowest BCUT2D eigenvalue weighted by Crippen LogP contribution is -2.16. The van der Waals surface area contributed by atoms with Crippen molar-refractivity contribution in [2.45, 2.75) is 58.9 Å². The number of nitrogens with two attached hydrogens (primary N) is 1. The standard InChI is InChI=1S/C16H27NO/c1-6-8-14(17)12-9-10-15(18-7-2)13(11-12)16(3,4)5/h9-11,14H,6-8,17H2,1-5H3. The van der Waals surface area contributed by atoms with Crippen LogP contribution in [-0.2, 0) is 5.41 Å².